The van der Waals surface area contributed by atoms with Crippen LogP contribution in [-0.2, 0) is 18.8 Å². The number of hydrogen-bond acceptors (Lipinski definition) is 6. The van der Waals surface area contributed by atoms with Crippen molar-refractivity contribution in [3.8, 4) is 17.0 Å². The molecule has 2 aromatic heterocycles. The van der Waals surface area contributed by atoms with E-state index >= 15 is 0 Å². The van der Waals surface area contributed by atoms with Crippen LogP contribution >= 0.6 is 11.6 Å². The number of benzene rings is 3. The van der Waals surface area contributed by atoms with E-state index in [1.54, 1.807) is 49.4 Å². The van der Waals surface area contributed by atoms with E-state index < -0.39 is 29.0 Å². The zero-order valence-corrected chi connectivity index (χ0v) is 21.3. The van der Waals surface area contributed by atoms with Crippen LogP contribution < -0.4 is 4.74 Å². The van der Waals surface area contributed by atoms with E-state index in [1.807, 2.05) is 0 Å². The lowest BCUT2D eigenvalue weighted by atomic mass is 9.80. The highest BCUT2D eigenvalue weighted by atomic mass is 35.5. The van der Waals surface area contributed by atoms with Gasteiger partial charge in [0.05, 0.1) is 17.5 Å². The minimum atomic E-state index is -1.88. The highest BCUT2D eigenvalue weighted by Crippen LogP contribution is 2.40. The second-order valence-corrected chi connectivity index (χ2v) is 9.41. The standard InChI is InChI=1S/C28H22ClF3N4O3/c1-17(28(37,14-36-16-33-15-34-36)22-10-7-20(30)11-24(22)31)26-12-25(35-39-26)18-5-8-21(9-6-18)38-13-19-3-2-4-23(29)27(19)32/h2-12,15-17,37H,13-14H2,1H3/t17-,28+/m0/s1. The molecule has 0 aliphatic rings. The molecule has 2 heterocycles. The number of rotatable bonds is 9. The van der Waals surface area contributed by atoms with Crippen molar-refractivity contribution in [2.24, 2.45) is 0 Å². The molecule has 5 aromatic rings. The molecule has 0 saturated carbocycles. The molecule has 0 bridgehead atoms. The molecular weight excluding hydrogens is 533 g/mol. The Hall–Kier alpha value is -4.15. The first kappa shape index (κ1) is 26.5. The molecule has 0 radical (unpaired) electrons. The van der Waals surface area contributed by atoms with Crippen molar-refractivity contribution >= 4 is 11.6 Å². The van der Waals surface area contributed by atoms with E-state index in [2.05, 4.69) is 15.2 Å². The van der Waals surface area contributed by atoms with Gasteiger partial charge in [0.15, 0.2) is 0 Å². The normalized spacial score (nSPS) is 13.7. The number of ether oxygens (including phenoxy) is 1. The average Bonchev–Trinajstić information content (AvgIpc) is 3.62. The average molecular weight is 555 g/mol. The highest BCUT2D eigenvalue weighted by Gasteiger charge is 2.42. The second-order valence-electron chi connectivity index (χ2n) is 9.00. The molecular formula is C28H22ClF3N4O3. The molecule has 0 aliphatic carbocycles. The Kier molecular flexibility index (Phi) is 7.40. The minimum absolute atomic E-state index is 0.00165. The summed E-state index contributed by atoms with van der Waals surface area (Å²) in [5, 5.41) is 19.9. The first-order valence-corrected chi connectivity index (χ1v) is 12.3. The highest BCUT2D eigenvalue weighted by molar-refractivity contribution is 6.30. The predicted octanol–water partition coefficient (Wildman–Crippen LogP) is 6.27. The molecule has 0 spiro atoms. The molecule has 0 aliphatic heterocycles. The molecule has 11 heteroatoms. The van der Waals surface area contributed by atoms with Crippen LogP contribution in [0.25, 0.3) is 11.3 Å². The molecule has 1 N–H and O–H groups in total. The lowest BCUT2D eigenvalue weighted by Crippen LogP contribution is -2.38. The van der Waals surface area contributed by atoms with Crippen LogP contribution in [0.1, 0.15) is 29.7 Å². The monoisotopic (exact) mass is 554 g/mol. The molecule has 5 rings (SSSR count). The molecule has 0 amide bonds. The molecule has 200 valence electrons. The maximum absolute atomic E-state index is 14.8. The fraction of sp³-hybridized carbons (Fsp3) is 0.179. The first-order valence-electron chi connectivity index (χ1n) is 11.9. The van der Waals surface area contributed by atoms with Gasteiger partial charge in [-0.05, 0) is 36.4 Å². The van der Waals surface area contributed by atoms with Gasteiger partial charge in [-0.25, -0.2) is 22.8 Å². The van der Waals surface area contributed by atoms with Crippen molar-refractivity contribution < 1.29 is 27.5 Å². The third-order valence-corrected chi connectivity index (χ3v) is 6.81. The van der Waals surface area contributed by atoms with E-state index in [4.69, 9.17) is 20.9 Å². The summed E-state index contributed by atoms with van der Waals surface area (Å²) < 4.78 is 55.1. The van der Waals surface area contributed by atoms with Crippen LogP contribution in [0.15, 0.2) is 83.9 Å². The summed E-state index contributed by atoms with van der Waals surface area (Å²) in [5.74, 6) is -2.24. The summed E-state index contributed by atoms with van der Waals surface area (Å²) in [6.07, 6.45) is 2.67. The number of aromatic nitrogens is 4. The fourth-order valence-corrected chi connectivity index (χ4v) is 4.46. The first-order chi connectivity index (χ1) is 18.7. The lowest BCUT2D eigenvalue weighted by Gasteiger charge is -2.33. The van der Waals surface area contributed by atoms with Gasteiger partial charge in [0, 0.05) is 28.8 Å². The quantitative estimate of drug-likeness (QED) is 0.231. The van der Waals surface area contributed by atoms with Gasteiger partial charge in [0.1, 0.15) is 59.5 Å². The van der Waals surface area contributed by atoms with Crippen molar-refractivity contribution in [2.75, 3.05) is 0 Å². The van der Waals surface area contributed by atoms with Gasteiger partial charge in [0.2, 0.25) is 0 Å². The SMILES string of the molecule is C[C@@H](c1cc(-c2ccc(OCc3cccc(Cl)c3F)cc2)no1)[C@](O)(Cn1cncn1)c1ccc(F)cc1F. The van der Waals surface area contributed by atoms with Crippen molar-refractivity contribution in [2.45, 2.75) is 31.6 Å². The molecule has 39 heavy (non-hydrogen) atoms. The van der Waals surface area contributed by atoms with Crippen molar-refractivity contribution in [3.05, 3.63) is 119 Å². The molecule has 7 nitrogen and oxygen atoms in total. The van der Waals surface area contributed by atoms with Gasteiger partial charge in [0.25, 0.3) is 0 Å². The molecule has 2 atom stereocenters. The fourth-order valence-electron chi connectivity index (χ4n) is 4.26. The van der Waals surface area contributed by atoms with E-state index in [-0.39, 0.29) is 29.5 Å². The zero-order valence-electron chi connectivity index (χ0n) is 20.6. The summed E-state index contributed by atoms with van der Waals surface area (Å²) in [7, 11) is 0. The summed E-state index contributed by atoms with van der Waals surface area (Å²) in [6, 6.07) is 16.2. The van der Waals surface area contributed by atoms with Crippen LogP contribution in [0.3, 0.4) is 0 Å². The van der Waals surface area contributed by atoms with Gasteiger partial charge in [-0.2, -0.15) is 5.10 Å². The topological polar surface area (TPSA) is 86.2 Å². The maximum atomic E-state index is 14.8. The van der Waals surface area contributed by atoms with E-state index in [0.29, 0.717) is 28.6 Å². The summed E-state index contributed by atoms with van der Waals surface area (Å²) in [5.41, 5.74) is -0.520. The third kappa shape index (κ3) is 5.52. The van der Waals surface area contributed by atoms with Crippen LogP contribution in [-0.4, -0.2) is 25.0 Å². The summed E-state index contributed by atoms with van der Waals surface area (Å²) in [4.78, 5) is 3.87. The molecule has 0 unspecified atom stereocenters. The van der Waals surface area contributed by atoms with Gasteiger partial charge in [-0.1, -0.05) is 41.9 Å². The Morgan fingerprint density at radius 2 is 1.87 bits per heavy atom. The molecule has 0 saturated heterocycles. The second kappa shape index (κ2) is 10.9. The van der Waals surface area contributed by atoms with Crippen LogP contribution in [0.2, 0.25) is 5.02 Å². The maximum Gasteiger partial charge on any atom is 0.148 e. The summed E-state index contributed by atoms with van der Waals surface area (Å²) >= 11 is 5.82. The molecule has 0 fully saturated rings. The minimum Gasteiger partial charge on any atom is -0.489 e. The van der Waals surface area contributed by atoms with Gasteiger partial charge >= 0.3 is 0 Å². The van der Waals surface area contributed by atoms with Crippen LogP contribution in [0.5, 0.6) is 5.75 Å². The third-order valence-electron chi connectivity index (χ3n) is 6.51. The van der Waals surface area contributed by atoms with E-state index in [0.717, 1.165) is 6.07 Å². The summed E-state index contributed by atoms with van der Waals surface area (Å²) in [6.45, 7) is 1.48. The largest absolute Gasteiger partial charge is 0.489 e. The van der Waals surface area contributed by atoms with Crippen molar-refractivity contribution in [3.63, 3.8) is 0 Å². The van der Waals surface area contributed by atoms with E-state index in [9.17, 15) is 18.3 Å². The van der Waals surface area contributed by atoms with Crippen molar-refractivity contribution in [1.82, 2.24) is 19.9 Å². The Morgan fingerprint density at radius 1 is 1.08 bits per heavy atom. The van der Waals surface area contributed by atoms with E-state index in [1.165, 1.54) is 29.5 Å². The Morgan fingerprint density at radius 3 is 2.59 bits per heavy atom. The zero-order chi connectivity index (χ0) is 27.6. The Labute approximate surface area is 226 Å². The number of aliphatic hydroxyl groups is 1. The van der Waals surface area contributed by atoms with Gasteiger partial charge < -0.3 is 14.4 Å². The lowest BCUT2D eigenvalue weighted by molar-refractivity contribution is -0.0181. The van der Waals surface area contributed by atoms with Gasteiger partial charge in [-0.15, -0.1) is 0 Å². The number of hydrogen-bond donors (Lipinski definition) is 1. The number of nitrogens with zero attached hydrogens (tertiary/aromatic N) is 4. The Bertz CT molecular complexity index is 1580. The van der Waals surface area contributed by atoms with Crippen LogP contribution in [0, 0.1) is 17.5 Å². The van der Waals surface area contributed by atoms with Crippen molar-refractivity contribution in [1.29, 1.82) is 0 Å². The van der Waals surface area contributed by atoms with Gasteiger partial charge in [-0.3, -0.25) is 0 Å². The Balaban J connectivity index is 1.36. The van der Waals surface area contributed by atoms with Crippen LogP contribution in [0.4, 0.5) is 13.2 Å². The smallest absolute Gasteiger partial charge is 0.148 e. The molecule has 3 aromatic carbocycles. The number of halogens is 4. The predicted molar refractivity (Wildman–Crippen MR) is 136 cm³/mol.